The zero-order chi connectivity index (χ0) is 18.4. The van der Waals surface area contributed by atoms with Crippen LogP contribution in [0.2, 0.25) is 0 Å². The Balaban J connectivity index is 0.000000240. The normalized spacial score (nSPS) is 29.1. The quantitative estimate of drug-likeness (QED) is 0.256. The maximum Gasteiger partial charge on any atom is 0.287 e. The van der Waals surface area contributed by atoms with E-state index in [0.717, 1.165) is 12.1 Å². The highest BCUT2D eigenvalue weighted by atomic mass is 16.6. The summed E-state index contributed by atoms with van der Waals surface area (Å²) in [6.07, 6.45) is -7.04. The molecule has 0 spiro atoms. The molecule has 0 radical (unpaired) electrons. The van der Waals surface area contributed by atoms with Crippen molar-refractivity contribution >= 4 is 5.69 Å². The molecule has 11 nitrogen and oxygen atoms in total. The van der Waals surface area contributed by atoms with Gasteiger partial charge in [0.1, 0.15) is 41.8 Å². The molecule has 1 aromatic rings. The number of nitro groups is 1. The molecule has 0 saturated carbocycles. The average molecular weight is 344 g/mol. The van der Waals surface area contributed by atoms with Crippen molar-refractivity contribution in [2.45, 2.75) is 30.7 Å². The molecule has 132 valence electrons. The minimum absolute atomic E-state index is 0.139. The van der Waals surface area contributed by atoms with E-state index in [1.165, 1.54) is 6.07 Å². The second-order valence-electron chi connectivity index (χ2n) is 4.79. The molecular formula is C13H16N2O9. The number of nitriles is 1. The Morgan fingerprint density at radius 3 is 2.33 bits per heavy atom. The predicted molar refractivity (Wildman–Crippen MR) is 75.5 cm³/mol. The lowest BCUT2D eigenvalue weighted by Gasteiger charge is -2.37. The summed E-state index contributed by atoms with van der Waals surface area (Å²) in [4.78, 5) is 9.60. The smallest absolute Gasteiger partial charge is 0.287 e. The van der Waals surface area contributed by atoms with Crippen LogP contribution in [0.5, 0.6) is 5.75 Å². The summed E-state index contributed by atoms with van der Waals surface area (Å²) in [6, 6.07) is 4.93. The molecule has 1 saturated heterocycles. The van der Waals surface area contributed by atoms with Crippen molar-refractivity contribution in [2.24, 2.45) is 0 Å². The maximum atomic E-state index is 10.3. The Bertz CT molecular complexity index is 613. The number of aliphatic hydroxyl groups excluding tert-OH is 5. The fraction of sp³-hybridized carbons (Fsp3) is 0.462. The van der Waals surface area contributed by atoms with Crippen molar-refractivity contribution < 1.29 is 40.3 Å². The first-order valence-electron chi connectivity index (χ1n) is 6.59. The van der Waals surface area contributed by atoms with Crippen LogP contribution in [-0.4, -0.2) is 72.9 Å². The number of aromatic hydroxyl groups is 1. The van der Waals surface area contributed by atoms with Crippen LogP contribution < -0.4 is 0 Å². The van der Waals surface area contributed by atoms with Crippen LogP contribution in [0.4, 0.5) is 5.69 Å². The minimum atomic E-state index is -1.57. The van der Waals surface area contributed by atoms with Gasteiger partial charge >= 0.3 is 0 Å². The van der Waals surface area contributed by atoms with Crippen molar-refractivity contribution in [3.05, 3.63) is 33.9 Å². The number of rotatable bonds is 2. The van der Waals surface area contributed by atoms with E-state index >= 15 is 0 Å². The van der Waals surface area contributed by atoms with Crippen LogP contribution in [-0.2, 0) is 4.74 Å². The number of nitrogens with zero attached hydrogens (tertiary/aromatic N) is 2. The number of phenols is 1. The highest BCUT2D eigenvalue weighted by Crippen LogP contribution is 2.22. The molecule has 1 aliphatic rings. The van der Waals surface area contributed by atoms with Gasteiger partial charge in [0.25, 0.3) is 5.69 Å². The Morgan fingerprint density at radius 1 is 1.21 bits per heavy atom. The summed E-state index contributed by atoms with van der Waals surface area (Å²) < 4.78 is 4.58. The third kappa shape index (κ3) is 4.59. The standard InChI is InChI=1S/C7H4N2O3.C6H12O6/c8-4-5-3-6(10)1-2-7(5)9(11)12;7-1-2-3(8)4(9)5(10)6(11)12-2/h1-3,10H;2-11H,1H2/t;2-,3+,4+,5-,6?/m.1/s1. The van der Waals surface area contributed by atoms with Gasteiger partial charge in [-0.1, -0.05) is 0 Å². The molecule has 11 heteroatoms. The fourth-order valence-corrected chi connectivity index (χ4v) is 1.85. The van der Waals surface area contributed by atoms with Crippen molar-refractivity contribution in [3.63, 3.8) is 0 Å². The second kappa shape index (κ2) is 8.50. The minimum Gasteiger partial charge on any atom is -0.508 e. The number of nitro benzene ring substituents is 1. The van der Waals surface area contributed by atoms with Gasteiger partial charge in [-0.25, -0.2) is 0 Å². The van der Waals surface area contributed by atoms with Gasteiger partial charge in [0.15, 0.2) is 6.29 Å². The summed E-state index contributed by atoms with van der Waals surface area (Å²) in [7, 11) is 0. The zero-order valence-corrected chi connectivity index (χ0v) is 12.1. The topological polar surface area (TPSA) is 198 Å². The van der Waals surface area contributed by atoms with Gasteiger partial charge < -0.3 is 35.4 Å². The first kappa shape index (κ1) is 19.7. The van der Waals surface area contributed by atoms with Gasteiger partial charge in [0.05, 0.1) is 11.5 Å². The van der Waals surface area contributed by atoms with E-state index in [-0.39, 0.29) is 17.0 Å². The van der Waals surface area contributed by atoms with Crippen molar-refractivity contribution in [3.8, 4) is 11.8 Å². The number of ether oxygens (including phenoxy) is 1. The lowest BCUT2D eigenvalue weighted by atomic mass is 10.00. The van der Waals surface area contributed by atoms with Crippen molar-refractivity contribution in [2.75, 3.05) is 6.61 Å². The van der Waals surface area contributed by atoms with E-state index in [4.69, 9.17) is 35.9 Å². The largest absolute Gasteiger partial charge is 0.508 e. The molecular weight excluding hydrogens is 328 g/mol. The van der Waals surface area contributed by atoms with Gasteiger partial charge in [-0.2, -0.15) is 5.26 Å². The molecule has 0 aromatic heterocycles. The monoisotopic (exact) mass is 344 g/mol. The molecule has 1 heterocycles. The Hall–Kier alpha value is -2.33. The first-order valence-corrected chi connectivity index (χ1v) is 6.59. The molecule has 0 bridgehead atoms. The highest BCUT2D eigenvalue weighted by molar-refractivity contribution is 5.51. The number of hydrogen-bond acceptors (Lipinski definition) is 10. The predicted octanol–water partition coefficient (Wildman–Crippen LogP) is -2.05. The van der Waals surface area contributed by atoms with Gasteiger partial charge in [-0.05, 0) is 6.07 Å². The van der Waals surface area contributed by atoms with Gasteiger partial charge in [0, 0.05) is 12.1 Å². The van der Waals surface area contributed by atoms with Gasteiger partial charge in [0.2, 0.25) is 0 Å². The summed E-state index contributed by atoms with van der Waals surface area (Å²) in [5.74, 6) is -0.155. The van der Waals surface area contributed by atoms with Gasteiger partial charge in [-0.15, -0.1) is 0 Å². The lowest BCUT2D eigenvalue weighted by molar-refractivity contribution is -0.385. The molecule has 5 atom stereocenters. The van der Waals surface area contributed by atoms with Crippen molar-refractivity contribution in [1.82, 2.24) is 0 Å². The Labute approximate surface area is 135 Å². The third-order valence-corrected chi connectivity index (χ3v) is 3.16. The van der Waals surface area contributed by atoms with Gasteiger partial charge in [-0.3, -0.25) is 10.1 Å². The SMILES string of the molecule is N#Cc1cc(O)ccc1[N+](=O)[O-].OC[C@H]1OC(O)[C@H](O)[C@@H](O)[C@H]1O. The van der Waals surface area contributed by atoms with Crippen LogP contribution in [0.15, 0.2) is 18.2 Å². The van der Waals surface area contributed by atoms with Crippen LogP contribution in [0.3, 0.4) is 0 Å². The average Bonchev–Trinajstić information content (AvgIpc) is 2.56. The molecule has 2 rings (SSSR count). The Morgan fingerprint density at radius 2 is 1.83 bits per heavy atom. The molecule has 0 amide bonds. The van der Waals surface area contributed by atoms with E-state index in [0.29, 0.717) is 0 Å². The summed E-state index contributed by atoms with van der Waals surface area (Å²) >= 11 is 0. The van der Waals surface area contributed by atoms with E-state index in [9.17, 15) is 10.1 Å². The maximum absolute atomic E-state index is 10.3. The summed E-state index contributed by atoms with van der Waals surface area (Å²) in [5.41, 5.74) is -0.435. The van der Waals surface area contributed by atoms with Crippen LogP contribution >= 0.6 is 0 Å². The lowest BCUT2D eigenvalue weighted by Crippen LogP contribution is -2.58. The van der Waals surface area contributed by atoms with Crippen LogP contribution in [0.1, 0.15) is 5.56 Å². The van der Waals surface area contributed by atoms with Crippen LogP contribution in [0.25, 0.3) is 0 Å². The molecule has 1 unspecified atom stereocenters. The summed E-state index contributed by atoms with van der Waals surface area (Å²) in [5, 5.41) is 72.2. The first-order chi connectivity index (χ1) is 11.2. The molecule has 0 aliphatic carbocycles. The number of hydrogen-bond donors (Lipinski definition) is 6. The second-order valence-corrected chi connectivity index (χ2v) is 4.79. The molecule has 6 N–H and O–H groups in total. The zero-order valence-electron chi connectivity index (χ0n) is 12.1. The van der Waals surface area contributed by atoms with E-state index in [1.54, 1.807) is 6.07 Å². The summed E-state index contributed by atoms with van der Waals surface area (Å²) in [6.45, 7) is -0.526. The number of aliphatic hydroxyl groups is 5. The van der Waals surface area contributed by atoms with Crippen molar-refractivity contribution in [1.29, 1.82) is 5.26 Å². The number of benzene rings is 1. The van der Waals surface area contributed by atoms with E-state index < -0.39 is 42.2 Å². The van der Waals surface area contributed by atoms with E-state index in [2.05, 4.69) is 4.74 Å². The molecule has 1 aromatic carbocycles. The Kier molecular flexibility index (Phi) is 6.98. The highest BCUT2D eigenvalue weighted by Gasteiger charge is 2.42. The van der Waals surface area contributed by atoms with E-state index in [1.807, 2.05) is 0 Å². The molecule has 24 heavy (non-hydrogen) atoms. The molecule has 1 aliphatic heterocycles. The number of phenolic OH excluding ortho intramolecular Hbond substituents is 1. The van der Waals surface area contributed by atoms with Crippen LogP contribution in [0, 0.1) is 21.4 Å². The third-order valence-electron chi connectivity index (χ3n) is 3.16. The fourth-order valence-electron chi connectivity index (χ4n) is 1.85. The molecule has 1 fully saturated rings.